The predicted molar refractivity (Wildman–Crippen MR) is 107 cm³/mol. The fourth-order valence-corrected chi connectivity index (χ4v) is 3.62. The number of aryl methyl sites for hydroxylation is 2. The lowest BCUT2D eigenvalue weighted by Gasteiger charge is -2.41. The van der Waals surface area contributed by atoms with Gasteiger partial charge >= 0.3 is 13.9 Å². The fraction of sp³-hybridized carbons (Fsp3) is 0.471. The summed E-state index contributed by atoms with van der Waals surface area (Å²) in [6.45, 7) is 2.41. The van der Waals surface area contributed by atoms with Crippen LogP contribution in [0.3, 0.4) is 0 Å². The molecule has 1 aromatic carbocycles. The Labute approximate surface area is 176 Å². The molecule has 31 heavy (non-hydrogen) atoms. The molecule has 2 aliphatic heterocycles. The first-order chi connectivity index (χ1) is 14.4. The van der Waals surface area contributed by atoms with Gasteiger partial charge in [-0.2, -0.15) is 0 Å². The molecule has 7 N–H and O–H groups in total. The summed E-state index contributed by atoms with van der Waals surface area (Å²) in [5.74, 6) is -0.715. The zero-order chi connectivity index (χ0) is 23.1. The van der Waals surface area contributed by atoms with Gasteiger partial charge in [0.05, 0.1) is 18.0 Å². The molecular formula is C17H23N4O9P. The molecule has 0 aromatic heterocycles. The number of amides is 3. The van der Waals surface area contributed by atoms with Crippen LogP contribution in [-0.4, -0.2) is 80.4 Å². The number of β-amino-alcohol motifs (C(OH)–C–C–N with tert-alkyl or cyclic N) is 1. The summed E-state index contributed by atoms with van der Waals surface area (Å²) in [6.07, 6.45) is -6.35. The van der Waals surface area contributed by atoms with Crippen molar-refractivity contribution in [2.75, 3.05) is 18.1 Å². The van der Waals surface area contributed by atoms with Crippen LogP contribution in [0.25, 0.3) is 0 Å². The van der Waals surface area contributed by atoms with E-state index in [0.29, 0.717) is 11.4 Å². The molecule has 0 spiro atoms. The van der Waals surface area contributed by atoms with E-state index >= 15 is 0 Å². The first-order valence-electron chi connectivity index (χ1n) is 9.20. The van der Waals surface area contributed by atoms with Crippen LogP contribution in [0.4, 0.5) is 16.2 Å². The van der Waals surface area contributed by atoms with Crippen molar-refractivity contribution in [1.82, 2.24) is 10.6 Å². The van der Waals surface area contributed by atoms with Crippen molar-refractivity contribution in [3.05, 3.63) is 23.3 Å². The van der Waals surface area contributed by atoms with Crippen molar-refractivity contribution in [1.29, 1.82) is 0 Å². The Bertz CT molecular complexity index is 979. The van der Waals surface area contributed by atoms with E-state index in [1.807, 2.05) is 13.8 Å². The monoisotopic (exact) mass is 458 g/mol. The summed E-state index contributed by atoms with van der Waals surface area (Å²) < 4.78 is 14.9. The summed E-state index contributed by atoms with van der Waals surface area (Å²) in [6, 6.07) is 2.71. The number of aliphatic imine (C=N–C) groups is 1. The summed E-state index contributed by atoms with van der Waals surface area (Å²) in [7, 11) is -4.88. The van der Waals surface area contributed by atoms with Gasteiger partial charge < -0.3 is 35.3 Å². The second-order valence-electron chi connectivity index (χ2n) is 7.32. The van der Waals surface area contributed by atoms with Crippen molar-refractivity contribution in [2.45, 2.75) is 38.3 Å². The number of aliphatic hydroxyl groups is 3. The van der Waals surface area contributed by atoms with Gasteiger partial charge in [-0.3, -0.25) is 14.6 Å². The third-order valence-electron chi connectivity index (χ3n) is 5.03. The minimum atomic E-state index is -4.88. The van der Waals surface area contributed by atoms with E-state index < -0.39 is 50.8 Å². The van der Waals surface area contributed by atoms with Gasteiger partial charge in [0.1, 0.15) is 24.0 Å². The number of hydrogen-bond donors (Lipinski definition) is 7. The number of urea groups is 1. The lowest BCUT2D eigenvalue weighted by Crippen LogP contribution is -2.67. The summed E-state index contributed by atoms with van der Waals surface area (Å²) in [5.41, 5.74) is 2.63. The number of fused-ring (bicyclic) bond motifs is 2. The van der Waals surface area contributed by atoms with Gasteiger partial charge in [-0.15, -0.1) is 0 Å². The smallest absolute Gasteiger partial charge is 0.388 e. The molecule has 3 amide bonds. The molecule has 2 heterocycles. The maximum Gasteiger partial charge on any atom is 0.469 e. The number of rotatable bonds is 7. The minimum Gasteiger partial charge on any atom is -0.388 e. The van der Waals surface area contributed by atoms with Crippen molar-refractivity contribution < 1.29 is 43.8 Å². The van der Waals surface area contributed by atoms with Crippen LogP contribution in [0.15, 0.2) is 17.1 Å². The van der Waals surface area contributed by atoms with Gasteiger partial charge in [-0.05, 0) is 37.1 Å². The zero-order valence-corrected chi connectivity index (χ0v) is 17.5. The van der Waals surface area contributed by atoms with Crippen LogP contribution < -0.4 is 15.5 Å². The molecule has 0 aliphatic carbocycles. The number of imide groups is 1. The number of phosphoric ester groups is 1. The maximum absolute atomic E-state index is 12.3. The van der Waals surface area contributed by atoms with E-state index in [2.05, 4.69) is 20.1 Å². The number of hydrogen-bond acceptors (Lipinski definition) is 9. The lowest BCUT2D eigenvalue weighted by atomic mass is 10.0. The van der Waals surface area contributed by atoms with Crippen LogP contribution in [0.2, 0.25) is 0 Å². The minimum absolute atomic E-state index is 0.0255. The van der Waals surface area contributed by atoms with E-state index in [0.717, 1.165) is 11.1 Å². The second kappa shape index (κ2) is 8.63. The van der Waals surface area contributed by atoms with Crippen molar-refractivity contribution in [2.24, 2.45) is 4.99 Å². The molecule has 170 valence electrons. The number of nitrogens with one attached hydrogen (secondary N) is 2. The first kappa shape index (κ1) is 23.3. The van der Waals surface area contributed by atoms with Crippen molar-refractivity contribution in [3.8, 4) is 0 Å². The van der Waals surface area contributed by atoms with Gasteiger partial charge in [-0.25, -0.2) is 14.4 Å². The molecule has 1 fully saturated rings. The van der Waals surface area contributed by atoms with E-state index in [4.69, 9.17) is 9.79 Å². The van der Waals surface area contributed by atoms with Crippen LogP contribution in [0.5, 0.6) is 0 Å². The molecule has 13 nitrogen and oxygen atoms in total. The average Bonchev–Trinajstić information content (AvgIpc) is 2.67. The van der Waals surface area contributed by atoms with Gasteiger partial charge in [0.25, 0.3) is 5.91 Å². The number of carbonyl (C=O) groups excluding carboxylic acids is 2. The summed E-state index contributed by atoms with van der Waals surface area (Å²) >= 11 is 0. The van der Waals surface area contributed by atoms with Crippen molar-refractivity contribution in [3.63, 3.8) is 0 Å². The lowest BCUT2D eigenvalue weighted by molar-refractivity contribution is -0.114. The number of aliphatic hydroxyl groups excluding tert-OH is 3. The largest absolute Gasteiger partial charge is 0.469 e. The van der Waals surface area contributed by atoms with Crippen molar-refractivity contribution >= 4 is 36.8 Å². The highest BCUT2D eigenvalue weighted by Gasteiger charge is 2.41. The molecule has 1 aromatic rings. The Balaban J connectivity index is 1.88. The third kappa shape index (κ3) is 5.10. The molecular weight excluding hydrogens is 435 g/mol. The van der Waals surface area contributed by atoms with E-state index in [-0.39, 0.29) is 12.3 Å². The predicted octanol–water partition coefficient (Wildman–Crippen LogP) is -1.45. The van der Waals surface area contributed by atoms with Crippen LogP contribution in [0, 0.1) is 13.8 Å². The van der Waals surface area contributed by atoms with Crippen LogP contribution >= 0.6 is 7.82 Å². The number of benzene rings is 1. The summed E-state index contributed by atoms with van der Waals surface area (Å²) in [5, 5.41) is 35.2. The fourth-order valence-electron chi connectivity index (χ4n) is 3.27. The molecule has 0 saturated carbocycles. The highest BCUT2D eigenvalue weighted by atomic mass is 31.2. The summed E-state index contributed by atoms with van der Waals surface area (Å²) in [4.78, 5) is 47.3. The number of nitrogens with zero attached hydrogens (tertiary/aromatic N) is 2. The molecule has 3 rings (SSSR count). The first-order valence-corrected chi connectivity index (χ1v) is 10.7. The Morgan fingerprint density at radius 3 is 2.45 bits per heavy atom. The molecule has 0 radical (unpaired) electrons. The maximum atomic E-state index is 12.3. The third-order valence-corrected chi connectivity index (χ3v) is 5.51. The quantitative estimate of drug-likeness (QED) is 0.237. The molecule has 4 atom stereocenters. The van der Waals surface area contributed by atoms with Gasteiger partial charge in [0.2, 0.25) is 0 Å². The van der Waals surface area contributed by atoms with E-state index in [9.17, 15) is 29.5 Å². The Morgan fingerprint density at radius 1 is 1.16 bits per heavy atom. The normalized spacial score (nSPS) is 21.3. The zero-order valence-electron chi connectivity index (χ0n) is 16.6. The number of carbonyl (C=O) groups is 2. The van der Waals surface area contributed by atoms with Crippen LogP contribution in [0.1, 0.15) is 11.1 Å². The second-order valence-corrected chi connectivity index (χ2v) is 8.56. The molecule has 0 bridgehead atoms. The Hall–Kier alpha value is -2.38. The number of anilines is 1. The van der Waals surface area contributed by atoms with Gasteiger partial charge in [0, 0.05) is 6.54 Å². The van der Waals surface area contributed by atoms with E-state index in [1.54, 1.807) is 12.1 Å². The standard InChI is InChI=1S/C17H23N4O9P/c1-7-3-9-10(4-8(7)2)21(15-13(18-9)16(25)20-17(26)19-15)5-11(22)14(24)12(23)6-30-31(27,28)29/h3-4,11-12,14-15,22-24H,5-6H2,1-2H3,(H2,27,28,29)(H2,19,20,25,26)/t11-,12+,14-,15?/m0/s1. The molecule has 1 unspecified atom stereocenters. The molecule has 1 saturated heterocycles. The molecule has 2 aliphatic rings. The Morgan fingerprint density at radius 2 is 1.81 bits per heavy atom. The highest BCUT2D eigenvalue weighted by Crippen LogP contribution is 2.38. The van der Waals surface area contributed by atoms with Gasteiger partial charge in [0.15, 0.2) is 6.17 Å². The van der Waals surface area contributed by atoms with E-state index in [1.165, 1.54) is 4.90 Å². The Kier molecular flexibility index (Phi) is 6.48. The van der Waals surface area contributed by atoms with Crippen LogP contribution in [-0.2, 0) is 13.9 Å². The average molecular weight is 458 g/mol. The number of phosphoric acid groups is 1. The topological polar surface area (TPSA) is 201 Å². The molecule has 14 heteroatoms. The highest BCUT2D eigenvalue weighted by molar-refractivity contribution is 7.46. The SMILES string of the molecule is Cc1cc2c(cc1C)N(C[C@H](O)[C@H](O)[C@H](O)COP(=O)(O)O)C1NC(=O)NC(=O)C1=N2. The van der Waals surface area contributed by atoms with Gasteiger partial charge in [-0.1, -0.05) is 0 Å².